The number of Topliss-reactive ketones (excluding diaryl/α,β-unsaturated/α-hetero) is 1. The van der Waals surface area contributed by atoms with Crippen LogP contribution in [0.2, 0.25) is 0 Å². The van der Waals surface area contributed by atoms with E-state index in [-0.39, 0.29) is 17.3 Å². The molecule has 0 aromatic carbocycles. The third-order valence-electron chi connectivity index (χ3n) is 1.95. The lowest BCUT2D eigenvalue weighted by Gasteiger charge is -2.24. The normalized spacial score (nSPS) is 14.2. The molecule has 0 fully saturated rings. The van der Waals surface area contributed by atoms with Crippen LogP contribution in [0.4, 0.5) is 0 Å². The van der Waals surface area contributed by atoms with Crippen molar-refractivity contribution in [3.05, 3.63) is 0 Å². The molecule has 1 atom stereocenters. The molecule has 0 saturated heterocycles. The van der Waals surface area contributed by atoms with Gasteiger partial charge in [0.15, 0.2) is 5.78 Å². The molecule has 1 unspecified atom stereocenters. The predicted molar refractivity (Wildman–Crippen MR) is 54.8 cm³/mol. The van der Waals surface area contributed by atoms with Crippen molar-refractivity contribution in [2.45, 2.75) is 53.6 Å². The zero-order valence-electron chi connectivity index (χ0n) is 9.52. The second-order valence-electron chi connectivity index (χ2n) is 4.35. The average Bonchev–Trinajstić information content (AvgIpc) is 2.01. The molecule has 0 aromatic rings. The molecule has 0 rings (SSSR count). The summed E-state index contributed by atoms with van der Waals surface area (Å²) < 4.78 is 5.42. The van der Waals surface area contributed by atoms with Gasteiger partial charge in [0.2, 0.25) is 0 Å². The van der Waals surface area contributed by atoms with Gasteiger partial charge in [-0.1, -0.05) is 34.1 Å². The van der Waals surface area contributed by atoms with Gasteiger partial charge in [0.05, 0.1) is 0 Å². The zero-order chi connectivity index (χ0) is 10.5. The van der Waals surface area contributed by atoms with Crippen LogP contribution < -0.4 is 0 Å². The molecule has 78 valence electrons. The lowest BCUT2D eigenvalue weighted by molar-refractivity contribution is -0.138. The van der Waals surface area contributed by atoms with Gasteiger partial charge in [-0.2, -0.15) is 0 Å². The monoisotopic (exact) mass is 186 g/mol. The van der Waals surface area contributed by atoms with Crippen molar-refractivity contribution in [3.63, 3.8) is 0 Å². The largest absolute Gasteiger partial charge is 0.371 e. The van der Waals surface area contributed by atoms with Gasteiger partial charge < -0.3 is 4.74 Å². The smallest absolute Gasteiger partial charge is 0.166 e. The van der Waals surface area contributed by atoms with Gasteiger partial charge in [0.25, 0.3) is 0 Å². The number of hydrogen-bond donors (Lipinski definition) is 0. The predicted octanol–water partition coefficient (Wildman–Crippen LogP) is 2.81. The summed E-state index contributed by atoms with van der Waals surface area (Å²) in [5.41, 5.74) is -0.283. The van der Waals surface area contributed by atoms with Crippen molar-refractivity contribution in [2.75, 3.05) is 6.61 Å². The van der Waals surface area contributed by atoms with Gasteiger partial charge in [0, 0.05) is 12.0 Å². The van der Waals surface area contributed by atoms with E-state index in [0.29, 0.717) is 6.61 Å². The highest BCUT2D eigenvalue weighted by Gasteiger charge is 2.29. The van der Waals surface area contributed by atoms with Crippen LogP contribution in [0.3, 0.4) is 0 Å². The van der Waals surface area contributed by atoms with E-state index in [4.69, 9.17) is 4.74 Å². The molecule has 13 heavy (non-hydrogen) atoms. The first-order chi connectivity index (χ1) is 5.93. The van der Waals surface area contributed by atoms with Crippen LogP contribution in [0.5, 0.6) is 0 Å². The van der Waals surface area contributed by atoms with Crippen LogP contribution in [-0.2, 0) is 9.53 Å². The van der Waals surface area contributed by atoms with Gasteiger partial charge >= 0.3 is 0 Å². The molecule has 0 spiro atoms. The fraction of sp³-hybridized carbons (Fsp3) is 0.909. The number of carbonyl (C=O) groups is 1. The standard InChI is InChI=1S/C11H22O2/c1-6-8-9(13-7-2)10(12)11(3,4)5/h9H,6-8H2,1-5H3. The van der Waals surface area contributed by atoms with Crippen molar-refractivity contribution in [3.8, 4) is 0 Å². The first kappa shape index (κ1) is 12.6. The van der Waals surface area contributed by atoms with Crippen molar-refractivity contribution in [1.29, 1.82) is 0 Å². The number of carbonyl (C=O) groups excluding carboxylic acids is 1. The molecule has 0 saturated carbocycles. The highest BCUT2D eigenvalue weighted by atomic mass is 16.5. The van der Waals surface area contributed by atoms with Crippen LogP contribution >= 0.6 is 0 Å². The van der Waals surface area contributed by atoms with E-state index >= 15 is 0 Å². The Hall–Kier alpha value is -0.370. The highest BCUT2D eigenvalue weighted by molar-refractivity contribution is 5.87. The zero-order valence-corrected chi connectivity index (χ0v) is 9.52. The Bertz CT molecular complexity index is 150. The molecule has 2 heteroatoms. The Labute approximate surface area is 81.7 Å². The van der Waals surface area contributed by atoms with Crippen LogP contribution in [0.25, 0.3) is 0 Å². The number of hydrogen-bond acceptors (Lipinski definition) is 2. The molecule has 0 aliphatic rings. The van der Waals surface area contributed by atoms with E-state index in [1.165, 1.54) is 0 Å². The van der Waals surface area contributed by atoms with Gasteiger partial charge in [-0.25, -0.2) is 0 Å². The summed E-state index contributed by atoms with van der Waals surface area (Å²) in [4.78, 5) is 11.8. The molecule has 0 bridgehead atoms. The van der Waals surface area contributed by atoms with E-state index < -0.39 is 0 Å². The fourth-order valence-corrected chi connectivity index (χ4v) is 1.24. The minimum atomic E-state index is -0.283. The summed E-state index contributed by atoms with van der Waals surface area (Å²) in [5, 5.41) is 0. The van der Waals surface area contributed by atoms with Crippen molar-refractivity contribution >= 4 is 5.78 Å². The van der Waals surface area contributed by atoms with Gasteiger partial charge in [-0.3, -0.25) is 4.79 Å². The van der Waals surface area contributed by atoms with E-state index in [0.717, 1.165) is 12.8 Å². The summed E-state index contributed by atoms with van der Waals surface area (Å²) >= 11 is 0. The minimum absolute atomic E-state index is 0.199. The second-order valence-corrected chi connectivity index (χ2v) is 4.35. The summed E-state index contributed by atoms with van der Waals surface area (Å²) in [5.74, 6) is 0.219. The number of ether oxygens (including phenoxy) is 1. The SMILES string of the molecule is CCCC(OCC)C(=O)C(C)(C)C. The summed E-state index contributed by atoms with van der Waals surface area (Å²) in [6, 6.07) is 0. The van der Waals surface area contributed by atoms with Crippen molar-refractivity contribution in [1.82, 2.24) is 0 Å². The lowest BCUT2D eigenvalue weighted by Crippen LogP contribution is -2.34. The van der Waals surface area contributed by atoms with Crippen LogP contribution in [0.15, 0.2) is 0 Å². The molecular weight excluding hydrogens is 164 g/mol. The maximum Gasteiger partial charge on any atom is 0.166 e. The van der Waals surface area contributed by atoms with Gasteiger partial charge in [-0.15, -0.1) is 0 Å². The fourth-order valence-electron chi connectivity index (χ4n) is 1.24. The Morgan fingerprint density at radius 1 is 1.31 bits per heavy atom. The summed E-state index contributed by atoms with van der Waals surface area (Å²) in [6.45, 7) is 10.4. The summed E-state index contributed by atoms with van der Waals surface area (Å²) in [7, 11) is 0. The van der Waals surface area contributed by atoms with E-state index in [9.17, 15) is 4.79 Å². The number of rotatable bonds is 5. The minimum Gasteiger partial charge on any atom is -0.371 e. The molecule has 0 heterocycles. The van der Waals surface area contributed by atoms with Gasteiger partial charge in [0.1, 0.15) is 6.10 Å². The van der Waals surface area contributed by atoms with Gasteiger partial charge in [-0.05, 0) is 13.3 Å². The Kier molecular flexibility index (Phi) is 5.23. The first-order valence-corrected chi connectivity index (χ1v) is 5.09. The molecule has 0 N–H and O–H groups in total. The number of ketones is 1. The highest BCUT2D eigenvalue weighted by Crippen LogP contribution is 2.20. The maximum atomic E-state index is 11.8. The van der Waals surface area contributed by atoms with E-state index in [2.05, 4.69) is 6.92 Å². The van der Waals surface area contributed by atoms with Crippen molar-refractivity contribution in [2.24, 2.45) is 5.41 Å². The van der Waals surface area contributed by atoms with Crippen molar-refractivity contribution < 1.29 is 9.53 Å². The molecule has 0 amide bonds. The van der Waals surface area contributed by atoms with Crippen LogP contribution in [-0.4, -0.2) is 18.5 Å². The third kappa shape index (κ3) is 4.41. The summed E-state index contributed by atoms with van der Waals surface area (Å²) in [6.07, 6.45) is 1.63. The topological polar surface area (TPSA) is 26.3 Å². The molecule has 0 aromatic heterocycles. The third-order valence-corrected chi connectivity index (χ3v) is 1.95. The molecule has 0 aliphatic carbocycles. The molecular formula is C11H22O2. The maximum absolute atomic E-state index is 11.8. The Morgan fingerprint density at radius 2 is 1.85 bits per heavy atom. The van der Waals surface area contributed by atoms with E-state index in [1.54, 1.807) is 0 Å². The molecule has 0 radical (unpaired) electrons. The quantitative estimate of drug-likeness (QED) is 0.660. The van der Waals surface area contributed by atoms with E-state index in [1.807, 2.05) is 27.7 Å². The Balaban J connectivity index is 4.27. The average molecular weight is 186 g/mol. The lowest BCUT2D eigenvalue weighted by atomic mass is 9.86. The molecule has 0 aliphatic heterocycles. The van der Waals surface area contributed by atoms with Crippen LogP contribution in [0, 0.1) is 5.41 Å². The van der Waals surface area contributed by atoms with Crippen LogP contribution in [0.1, 0.15) is 47.5 Å². The molecule has 2 nitrogen and oxygen atoms in total. The first-order valence-electron chi connectivity index (χ1n) is 5.09. The Morgan fingerprint density at radius 3 is 2.15 bits per heavy atom. The second kappa shape index (κ2) is 5.38.